The van der Waals surface area contributed by atoms with E-state index in [-0.39, 0.29) is 6.73 Å². The van der Waals surface area contributed by atoms with Crippen LogP contribution in [0.5, 0.6) is 0 Å². The summed E-state index contributed by atoms with van der Waals surface area (Å²) in [6.07, 6.45) is 0. The normalized spacial score (nSPS) is 9.92. The number of halogens is 3. The molecule has 0 bridgehead atoms. The zero-order chi connectivity index (χ0) is 9.30. The van der Waals surface area contributed by atoms with Gasteiger partial charge in [0, 0.05) is 0 Å². The van der Waals surface area contributed by atoms with Crippen LogP contribution >= 0.6 is 47.8 Å². The van der Waals surface area contributed by atoms with Gasteiger partial charge in [0.15, 0.2) is 0 Å². The van der Waals surface area contributed by atoms with Gasteiger partial charge in [-0.1, -0.05) is 0 Å². The lowest BCUT2D eigenvalue weighted by Crippen LogP contribution is -1.96. The van der Waals surface area contributed by atoms with Crippen molar-refractivity contribution in [1.82, 2.24) is 4.57 Å². The maximum absolute atomic E-state index is 8.91. The van der Waals surface area contributed by atoms with E-state index in [9.17, 15) is 0 Å². The van der Waals surface area contributed by atoms with Gasteiger partial charge in [-0.05, 0) is 47.8 Å². The van der Waals surface area contributed by atoms with Crippen molar-refractivity contribution >= 4 is 47.8 Å². The molecule has 0 unspecified atom stereocenters. The summed E-state index contributed by atoms with van der Waals surface area (Å²) < 4.78 is 3.37. The molecule has 0 fully saturated rings. The molecule has 6 heteroatoms. The highest BCUT2D eigenvalue weighted by Crippen LogP contribution is 2.34. The molecule has 0 saturated carbocycles. The van der Waals surface area contributed by atoms with Crippen LogP contribution in [0.3, 0.4) is 0 Å². The molecule has 1 N–H and O–H groups in total. The lowest BCUT2D eigenvalue weighted by molar-refractivity contribution is 0.206. The first-order valence-corrected chi connectivity index (χ1v) is 5.25. The molecule has 0 radical (unpaired) electrons. The third-order valence-corrected chi connectivity index (χ3v) is 4.29. The van der Waals surface area contributed by atoms with Crippen molar-refractivity contribution in [3.05, 3.63) is 19.2 Å². The first kappa shape index (κ1) is 10.3. The number of aliphatic hydroxyl groups is 1. The smallest absolute Gasteiger partial charge is 0.121 e. The molecule has 0 spiro atoms. The summed E-state index contributed by atoms with van der Waals surface area (Å²) in [4.78, 5) is 0. The summed E-state index contributed by atoms with van der Waals surface area (Å²) in [5.74, 6) is 0. The number of hydrogen-bond acceptors (Lipinski definition) is 2. The number of rotatable bonds is 1. The summed E-state index contributed by atoms with van der Waals surface area (Å²) in [5, 5.41) is 17.6. The molecular weight excluding hydrogens is 356 g/mol. The number of aliphatic hydroxyl groups excluding tert-OH is 1. The zero-order valence-electron chi connectivity index (χ0n) is 5.68. The Hall–Kier alpha value is 0.170. The van der Waals surface area contributed by atoms with Crippen LogP contribution in [0.15, 0.2) is 13.7 Å². The summed E-state index contributed by atoms with van der Waals surface area (Å²) in [7, 11) is 0. The standard InChI is InChI=1S/C6H3Br3N2O/c7-4-3(1-10)5(8)11(2-12)6(4)9/h12H,2H2. The number of nitriles is 1. The molecule has 0 aromatic carbocycles. The van der Waals surface area contributed by atoms with Gasteiger partial charge in [-0.2, -0.15) is 5.26 Å². The van der Waals surface area contributed by atoms with Gasteiger partial charge in [0.2, 0.25) is 0 Å². The van der Waals surface area contributed by atoms with Gasteiger partial charge in [0.25, 0.3) is 0 Å². The first-order valence-electron chi connectivity index (χ1n) is 2.87. The minimum Gasteiger partial charge on any atom is -0.376 e. The molecule has 12 heavy (non-hydrogen) atoms. The van der Waals surface area contributed by atoms with Gasteiger partial charge in [-0.15, -0.1) is 0 Å². The molecule has 0 amide bonds. The van der Waals surface area contributed by atoms with E-state index < -0.39 is 0 Å². The van der Waals surface area contributed by atoms with E-state index in [1.165, 1.54) is 4.57 Å². The molecule has 1 aromatic rings. The molecule has 1 rings (SSSR count). The lowest BCUT2D eigenvalue weighted by atomic mass is 10.4. The van der Waals surface area contributed by atoms with Gasteiger partial charge < -0.3 is 9.67 Å². The van der Waals surface area contributed by atoms with Gasteiger partial charge in [0.1, 0.15) is 22.0 Å². The topological polar surface area (TPSA) is 49.0 Å². The van der Waals surface area contributed by atoms with Crippen LogP contribution in [-0.2, 0) is 6.73 Å². The van der Waals surface area contributed by atoms with Crippen molar-refractivity contribution in [2.75, 3.05) is 0 Å². The molecular formula is C6H3Br3N2O. The summed E-state index contributed by atoms with van der Waals surface area (Å²) in [6.45, 7) is -0.179. The van der Waals surface area contributed by atoms with Gasteiger partial charge >= 0.3 is 0 Å². The predicted molar refractivity (Wildman–Crippen MR) is 54.5 cm³/mol. The Kier molecular flexibility index (Phi) is 3.35. The van der Waals surface area contributed by atoms with Crippen LogP contribution in [0.2, 0.25) is 0 Å². The third-order valence-electron chi connectivity index (χ3n) is 1.33. The van der Waals surface area contributed by atoms with Crippen molar-refractivity contribution in [1.29, 1.82) is 5.26 Å². The fraction of sp³-hybridized carbons (Fsp3) is 0.167. The molecule has 64 valence electrons. The van der Waals surface area contributed by atoms with Gasteiger partial charge in [-0.3, -0.25) is 0 Å². The quantitative estimate of drug-likeness (QED) is 0.839. The van der Waals surface area contributed by atoms with E-state index in [0.29, 0.717) is 19.2 Å². The summed E-state index contributed by atoms with van der Waals surface area (Å²) in [6, 6.07) is 2.00. The maximum atomic E-state index is 8.91. The minimum atomic E-state index is -0.179. The van der Waals surface area contributed by atoms with E-state index in [2.05, 4.69) is 47.8 Å². The Morgan fingerprint density at radius 3 is 2.17 bits per heavy atom. The van der Waals surface area contributed by atoms with Crippen LogP contribution in [0.4, 0.5) is 0 Å². The molecule has 0 atom stereocenters. The highest BCUT2D eigenvalue weighted by Gasteiger charge is 2.16. The SMILES string of the molecule is N#Cc1c(Br)c(Br)n(CO)c1Br. The summed E-state index contributed by atoms with van der Waals surface area (Å²) in [5.41, 5.74) is 0.468. The fourth-order valence-corrected chi connectivity index (χ4v) is 2.81. The largest absolute Gasteiger partial charge is 0.376 e. The second-order valence-corrected chi connectivity index (χ2v) is 4.25. The molecule has 0 saturated heterocycles. The second-order valence-electron chi connectivity index (χ2n) is 1.95. The summed E-state index contributed by atoms with van der Waals surface area (Å²) >= 11 is 9.64. The van der Waals surface area contributed by atoms with Crippen molar-refractivity contribution in [3.63, 3.8) is 0 Å². The fourth-order valence-electron chi connectivity index (χ4n) is 0.753. The predicted octanol–water partition coefficient (Wildman–Crippen LogP) is 2.60. The number of nitrogens with zero attached hydrogens (tertiary/aromatic N) is 2. The molecule has 0 aliphatic carbocycles. The Balaban J connectivity index is 3.45. The highest BCUT2D eigenvalue weighted by atomic mass is 79.9. The van der Waals surface area contributed by atoms with Crippen LogP contribution in [-0.4, -0.2) is 9.67 Å². The van der Waals surface area contributed by atoms with Crippen LogP contribution in [0, 0.1) is 11.3 Å². The van der Waals surface area contributed by atoms with Crippen molar-refractivity contribution in [3.8, 4) is 6.07 Å². The molecule has 1 heterocycles. The van der Waals surface area contributed by atoms with Gasteiger partial charge in [-0.25, -0.2) is 0 Å². The maximum Gasteiger partial charge on any atom is 0.121 e. The molecule has 0 aliphatic heterocycles. The van der Waals surface area contributed by atoms with E-state index in [1.54, 1.807) is 0 Å². The average molecular weight is 359 g/mol. The monoisotopic (exact) mass is 356 g/mol. The Bertz CT molecular complexity index is 353. The average Bonchev–Trinajstić information content (AvgIpc) is 2.25. The Labute approximate surface area is 94.4 Å². The number of hydrogen-bond donors (Lipinski definition) is 1. The Morgan fingerprint density at radius 1 is 1.33 bits per heavy atom. The highest BCUT2D eigenvalue weighted by molar-refractivity contribution is 9.13. The first-order chi connectivity index (χ1) is 5.63. The van der Waals surface area contributed by atoms with E-state index >= 15 is 0 Å². The molecule has 0 aliphatic rings. The van der Waals surface area contributed by atoms with Crippen LogP contribution < -0.4 is 0 Å². The van der Waals surface area contributed by atoms with Crippen LogP contribution in [0.25, 0.3) is 0 Å². The van der Waals surface area contributed by atoms with Crippen molar-refractivity contribution in [2.24, 2.45) is 0 Å². The van der Waals surface area contributed by atoms with E-state index in [1.807, 2.05) is 6.07 Å². The van der Waals surface area contributed by atoms with Crippen molar-refractivity contribution in [2.45, 2.75) is 6.73 Å². The van der Waals surface area contributed by atoms with Crippen molar-refractivity contribution < 1.29 is 5.11 Å². The number of aromatic nitrogens is 1. The second kappa shape index (κ2) is 3.92. The Morgan fingerprint density at radius 2 is 1.92 bits per heavy atom. The lowest BCUT2D eigenvalue weighted by Gasteiger charge is -1.99. The van der Waals surface area contributed by atoms with Gasteiger partial charge in [0.05, 0.1) is 10.0 Å². The van der Waals surface area contributed by atoms with E-state index in [0.717, 1.165) is 0 Å². The van der Waals surface area contributed by atoms with E-state index in [4.69, 9.17) is 10.4 Å². The van der Waals surface area contributed by atoms with Crippen LogP contribution in [0.1, 0.15) is 5.56 Å². The third kappa shape index (κ3) is 1.46. The minimum absolute atomic E-state index is 0.179. The molecule has 1 aromatic heterocycles. The zero-order valence-corrected chi connectivity index (χ0v) is 10.4. The molecule has 3 nitrogen and oxygen atoms in total.